The first kappa shape index (κ1) is 14.7. The van der Waals surface area contributed by atoms with E-state index in [1.807, 2.05) is 49.4 Å². The zero-order valence-electron chi connectivity index (χ0n) is 11.6. The van der Waals surface area contributed by atoms with Gasteiger partial charge in [-0.3, -0.25) is 4.79 Å². The van der Waals surface area contributed by atoms with E-state index in [1.165, 1.54) is 0 Å². The van der Waals surface area contributed by atoms with E-state index in [9.17, 15) is 4.79 Å². The topological polar surface area (TPSA) is 26.3 Å². The van der Waals surface area contributed by atoms with E-state index in [4.69, 9.17) is 4.74 Å². The maximum Gasteiger partial charge on any atom is 0.309 e. The van der Waals surface area contributed by atoms with Crippen LogP contribution in [0.2, 0.25) is 25.2 Å². The minimum atomic E-state index is -1.60. The molecule has 0 aromatic heterocycles. The van der Waals surface area contributed by atoms with Gasteiger partial charge in [-0.05, 0) is 12.5 Å². The van der Waals surface area contributed by atoms with Crippen molar-refractivity contribution in [1.82, 2.24) is 0 Å². The van der Waals surface area contributed by atoms with Crippen LogP contribution in [0.5, 0.6) is 0 Å². The van der Waals surface area contributed by atoms with Gasteiger partial charge >= 0.3 is 5.97 Å². The molecule has 1 unspecified atom stereocenters. The Morgan fingerprint density at radius 2 is 1.89 bits per heavy atom. The molecule has 0 radical (unpaired) electrons. The first-order chi connectivity index (χ1) is 8.45. The van der Waals surface area contributed by atoms with E-state index in [1.54, 1.807) is 0 Å². The molecule has 1 rings (SSSR count). The lowest BCUT2D eigenvalue weighted by atomic mass is 10.2. The standard InChI is InChI=1S/C15H22O2Si/c1-5-17-15(16)14(18(2,3)4)12-11-13-9-7-6-8-10-13/h6-12,14H,5H2,1-4H3. The van der Waals surface area contributed by atoms with Crippen molar-refractivity contribution in [2.75, 3.05) is 6.61 Å². The lowest BCUT2D eigenvalue weighted by molar-refractivity contribution is -0.142. The van der Waals surface area contributed by atoms with E-state index in [0.717, 1.165) is 5.56 Å². The molecule has 0 spiro atoms. The number of hydrogen-bond acceptors (Lipinski definition) is 2. The highest BCUT2D eigenvalue weighted by molar-refractivity contribution is 6.80. The average Bonchev–Trinajstić information content (AvgIpc) is 2.29. The Balaban J connectivity index is 2.86. The summed E-state index contributed by atoms with van der Waals surface area (Å²) in [5.74, 6) is -0.0937. The Hall–Kier alpha value is -1.35. The normalized spacial score (nSPS) is 13.6. The fraction of sp³-hybridized carbons (Fsp3) is 0.400. The van der Waals surface area contributed by atoms with Crippen LogP contribution in [0.1, 0.15) is 12.5 Å². The summed E-state index contributed by atoms with van der Waals surface area (Å²) in [6.45, 7) is 8.84. The quantitative estimate of drug-likeness (QED) is 0.593. The molecular formula is C15H22O2Si. The number of ether oxygens (including phenoxy) is 1. The van der Waals surface area contributed by atoms with Gasteiger partial charge in [-0.25, -0.2) is 0 Å². The van der Waals surface area contributed by atoms with E-state index in [-0.39, 0.29) is 11.5 Å². The van der Waals surface area contributed by atoms with Gasteiger partial charge in [-0.1, -0.05) is 62.1 Å². The Morgan fingerprint density at radius 1 is 1.28 bits per heavy atom. The van der Waals surface area contributed by atoms with Gasteiger partial charge in [0.1, 0.15) is 0 Å². The maximum atomic E-state index is 12.0. The third-order valence-electron chi connectivity index (χ3n) is 2.75. The molecule has 2 nitrogen and oxygen atoms in total. The lowest BCUT2D eigenvalue weighted by Gasteiger charge is -2.24. The van der Waals surface area contributed by atoms with Gasteiger partial charge in [0.05, 0.1) is 20.2 Å². The molecule has 0 amide bonds. The fourth-order valence-corrected chi connectivity index (χ4v) is 3.19. The number of benzene rings is 1. The predicted octanol–water partition coefficient (Wildman–Crippen LogP) is 3.97. The number of esters is 1. The van der Waals surface area contributed by atoms with E-state index in [0.29, 0.717) is 6.61 Å². The first-order valence-electron chi connectivity index (χ1n) is 6.35. The highest BCUT2D eigenvalue weighted by Gasteiger charge is 2.31. The number of carbonyl (C=O) groups is 1. The first-order valence-corrected chi connectivity index (χ1v) is 9.92. The van der Waals surface area contributed by atoms with Crippen LogP contribution in [0.4, 0.5) is 0 Å². The van der Waals surface area contributed by atoms with Crippen LogP contribution in [-0.2, 0) is 9.53 Å². The molecule has 0 aliphatic rings. The van der Waals surface area contributed by atoms with Gasteiger partial charge in [0.15, 0.2) is 0 Å². The van der Waals surface area contributed by atoms with Crippen LogP contribution in [0, 0.1) is 0 Å². The largest absolute Gasteiger partial charge is 0.466 e. The second-order valence-electron chi connectivity index (χ2n) is 5.37. The van der Waals surface area contributed by atoms with E-state index >= 15 is 0 Å². The summed E-state index contributed by atoms with van der Waals surface area (Å²) >= 11 is 0. The highest BCUT2D eigenvalue weighted by Crippen LogP contribution is 2.25. The van der Waals surface area contributed by atoms with Gasteiger partial charge in [-0.2, -0.15) is 0 Å². The summed E-state index contributed by atoms with van der Waals surface area (Å²) in [4.78, 5) is 12.0. The predicted molar refractivity (Wildman–Crippen MR) is 79.2 cm³/mol. The van der Waals surface area contributed by atoms with Crippen molar-refractivity contribution in [3.8, 4) is 0 Å². The van der Waals surface area contributed by atoms with Gasteiger partial charge < -0.3 is 4.74 Å². The smallest absolute Gasteiger partial charge is 0.309 e. The summed E-state index contributed by atoms with van der Waals surface area (Å²) in [7, 11) is -1.60. The summed E-state index contributed by atoms with van der Waals surface area (Å²) in [6, 6.07) is 10.0. The molecule has 0 fully saturated rings. The number of carbonyl (C=O) groups excluding carboxylic acids is 1. The molecule has 0 N–H and O–H groups in total. The molecule has 18 heavy (non-hydrogen) atoms. The Bertz CT molecular complexity index is 404. The minimum absolute atomic E-state index is 0.0855. The molecule has 0 saturated carbocycles. The van der Waals surface area contributed by atoms with Crippen LogP contribution >= 0.6 is 0 Å². The molecule has 0 bridgehead atoms. The average molecular weight is 262 g/mol. The molecule has 0 heterocycles. The fourth-order valence-electron chi connectivity index (χ4n) is 1.72. The molecule has 0 aliphatic carbocycles. The zero-order chi connectivity index (χ0) is 13.6. The van der Waals surface area contributed by atoms with Gasteiger partial charge in [0, 0.05) is 0 Å². The highest BCUT2D eigenvalue weighted by atomic mass is 28.3. The number of rotatable bonds is 5. The second kappa shape index (κ2) is 6.54. The summed E-state index contributed by atoms with van der Waals surface area (Å²) in [5, 5.41) is 0. The third kappa shape index (κ3) is 4.49. The summed E-state index contributed by atoms with van der Waals surface area (Å²) < 4.78 is 5.16. The molecule has 98 valence electrons. The molecule has 1 aromatic carbocycles. The summed E-state index contributed by atoms with van der Waals surface area (Å²) in [6.07, 6.45) is 4.01. The molecular weight excluding hydrogens is 240 g/mol. The van der Waals surface area contributed by atoms with Crippen LogP contribution in [0.3, 0.4) is 0 Å². The molecule has 1 atom stereocenters. The SMILES string of the molecule is CCOC(=O)C(C=Cc1ccccc1)[Si](C)(C)C. The molecule has 3 heteroatoms. The van der Waals surface area contributed by atoms with E-state index in [2.05, 4.69) is 19.6 Å². The third-order valence-corrected chi connectivity index (χ3v) is 5.05. The van der Waals surface area contributed by atoms with Crippen molar-refractivity contribution in [3.63, 3.8) is 0 Å². The lowest BCUT2D eigenvalue weighted by Crippen LogP contribution is -2.33. The van der Waals surface area contributed by atoms with Crippen LogP contribution < -0.4 is 0 Å². The van der Waals surface area contributed by atoms with Gasteiger partial charge in [0.2, 0.25) is 0 Å². The van der Waals surface area contributed by atoms with Crippen molar-refractivity contribution in [1.29, 1.82) is 0 Å². The van der Waals surface area contributed by atoms with Crippen molar-refractivity contribution in [2.24, 2.45) is 0 Å². The van der Waals surface area contributed by atoms with Crippen molar-refractivity contribution in [2.45, 2.75) is 32.1 Å². The Morgan fingerprint density at radius 3 is 2.39 bits per heavy atom. The molecule has 1 aromatic rings. The number of hydrogen-bond donors (Lipinski definition) is 0. The maximum absolute atomic E-state index is 12.0. The van der Waals surface area contributed by atoms with Crippen molar-refractivity contribution >= 4 is 20.1 Å². The Kier molecular flexibility index (Phi) is 5.35. The van der Waals surface area contributed by atoms with Crippen LogP contribution in [0.25, 0.3) is 6.08 Å². The zero-order valence-corrected chi connectivity index (χ0v) is 12.6. The summed E-state index contributed by atoms with van der Waals surface area (Å²) in [5.41, 5.74) is 1.03. The molecule has 0 saturated heterocycles. The van der Waals surface area contributed by atoms with Gasteiger partial charge in [0.25, 0.3) is 0 Å². The van der Waals surface area contributed by atoms with Crippen LogP contribution in [-0.4, -0.2) is 20.7 Å². The van der Waals surface area contributed by atoms with Gasteiger partial charge in [-0.15, -0.1) is 0 Å². The van der Waals surface area contributed by atoms with Crippen molar-refractivity contribution < 1.29 is 9.53 Å². The van der Waals surface area contributed by atoms with Crippen LogP contribution in [0.15, 0.2) is 36.4 Å². The van der Waals surface area contributed by atoms with E-state index < -0.39 is 8.07 Å². The Labute approximate surface area is 111 Å². The molecule has 0 aliphatic heterocycles. The minimum Gasteiger partial charge on any atom is -0.466 e. The monoisotopic (exact) mass is 262 g/mol. The second-order valence-corrected chi connectivity index (χ2v) is 10.7. The van der Waals surface area contributed by atoms with Crippen molar-refractivity contribution in [3.05, 3.63) is 42.0 Å².